The molecule has 2 atom stereocenters. The molecule has 1 aliphatic carbocycles. The third kappa shape index (κ3) is 2.80. The van der Waals surface area contributed by atoms with Crippen LogP contribution in [0.25, 0.3) is 0 Å². The zero-order valence-electron chi connectivity index (χ0n) is 8.71. The third-order valence-corrected chi connectivity index (χ3v) is 3.89. The lowest BCUT2D eigenvalue weighted by atomic mass is 10.1. The summed E-state index contributed by atoms with van der Waals surface area (Å²) >= 11 is 9.29. The molecule has 88 valence electrons. The van der Waals surface area contributed by atoms with Crippen LogP contribution in [0.2, 0.25) is 0 Å². The average Bonchev–Trinajstić information content (AvgIpc) is 2.84. The summed E-state index contributed by atoms with van der Waals surface area (Å²) in [4.78, 5) is 11.7. The molecule has 1 N–H and O–H groups in total. The molecule has 2 unspecified atom stereocenters. The van der Waals surface area contributed by atoms with Crippen molar-refractivity contribution in [3.8, 4) is 0 Å². The Balaban J connectivity index is 1.84. The van der Waals surface area contributed by atoms with E-state index in [0.29, 0.717) is 22.9 Å². The molecular formula is C11H13BrClNO2. The Morgan fingerprint density at radius 3 is 2.94 bits per heavy atom. The minimum absolute atomic E-state index is 0.179. The second-order valence-corrected chi connectivity index (χ2v) is 5.36. The van der Waals surface area contributed by atoms with Crippen molar-refractivity contribution in [3.05, 3.63) is 22.6 Å². The summed E-state index contributed by atoms with van der Waals surface area (Å²) in [6.45, 7) is 0.630. The number of carbonyl (C=O) groups is 1. The van der Waals surface area contributed by atoms with E-state index in [9.17, 15) is 4.79 Å². The monoisotopic (exact) mass is 305 g/mol. The second kappa shape index (κ2) is 5.23. The fourth-order valence-electron chi connectivity index (χ4n) is 1.97. The first-order chi connectivity index (χ1) is 7.66. The minimum atomic E-state index is -0.179. The van der Waals surface area contributed by atoms with Crippen LogP contribution in [-0.4, -0.2) is 17.8 Å². The summed E-state index contributed by atoms with van der Waals surface area (Å²) in [5.74, 6) is 0.543. The van der Waals surface area contributed by atoms with Crippen LogP contribution in [0.5, 0.6) is 0 Å². The predicted octanol–water partition coefficient (Wildman–Crippen LogP) is 3.18. The predicted molar refractivity (Wildman–Crippen MR) is 65.7 cm³/mol. The maximum absolute atomic E-state index is 11.7. The van der Waals surface area contributed by atoms with Gasteiger partial charge in [0.25, 0.3) is 5.91 Å². The van der Waals surface area contributed by atoms with Gasteiger partial charge in [-0.15, -0.1) is 11.6 Å². The molecule has 5 heteroatoms. The van der Waals surface area contributed by atoms with Crippen LogP contribution >= 0.6 is 27.5 Å². The number of amides is 1. The SMILES string of the molecule is O=C(NCC1CCCC1Cl)c1ccc(Br)o1. The molecular weight excluding hydrogens is 293 g/mol. The van der Waals surface area contributed by atoms with Gasteiger partial charge in [-0.3, -0.25) is 4.79 Å². The maximum atomic E-state index is 11.7. The second-order valence-electron chi connectivity index (χ2n) is 4.02. The Labute approximate surface area is 108 Å². The van der Waals surface area contributed by atoms with Crippen molar-refractivity contribution < 1.29 is 9.21 Å². The van der Waals surface area contributed by atoms with Gasteiger partial charge < -0.3 is 9.73 Å². The lowest BCUT2D eigenvalue weighted by Gasteiger charge is -2.13. The van der Waals surface area contributed by atoms with Crippen LogP contribution in [0.15, 0.2) is 21.2 Å². The van der Waals surface area contributed by atoms with Gasteiger partial charge in [-0.05, 0) is 46.8 Å². The Morgan fingerprint density at radius 2 is 2.38 bits per heavy atom. The van der Waals surface area contributed by atoms with Crippen LogP contribution in [-0.2, 0) is 0 Å². The first-order valence-corrected chi connectivity index (χ1v) is 6.57. The topological polar surface area (TPSA) is 42.2 Å². The number of hydrogen-bond donors (Lipinski definition) is 1. The molecule has 0 aromatic carbocycles. The normalized spacial score (nSPS) is 24.6. The van der Waals surface area contributed by atoms with Crippen LogP contribution < -0.4 is 5.32 Å². The van der Waals surface area contributed by atoms with Crippen molar-refractivity contribution in [1.29, 1.82) is 0 Å². The fourth-order valence-corrected chi connectivity index (χ4v) is 2.64. The molecule has 1 aromatic rings. The Bertz CT molecular complexity index is 380. The van der Waals surface area contributed by atoms with Crippen molar-refractivity contribution in [1.82, 2.24) is 5.32 Å². The number of carbonyl (C=O) groups excluding carboxylic acids is 1. The van der Waals surface area contributed by atoms with Crippen LogP contribution in [0.3, 0.4) is 0 Å². The molecule has 1 amide bonds. The molecule has 1 aromatic heterocycles. The maximum Gasteiger partial charge on any atom is 0.287 e. The van der Waals surface area contributed by atoms with Gasteiger partial charge in [0.05, 0.1) is 0 Å². The molecule has 0 radical (unpaired) electrons. The van der Waals surface area contributed by atoms with Crippen LogP contribution in [0.4, 0.5) is 0 Å². The van der Waals surface area contributed by atoms with Gasteiger partial charge in [-0.2, -0.15) is 0 Å². The molecule has 1 saturated carbocycles. The number of furan rings is 1. The largest absolute Gasteiger partial charge is 0.444 e. The van der Waals surface area contributed by atoms with Crippen molar-refractivity contribution >= 4 is 33.4 Å². The zero-order valence-corrected chi connectivity index (χ0v) is 11.1. The molecule has 2 rings (SSSR count). The van der Waals surface area contributed by atoms with Crippen molar-refractivity contribution in [2.75, 3.05) is 6.54 Å². The average molecular weight is 307 g/mol. The summed E-state index contributed by atoms with van der Waals surface area (Å²) in [5, 5.41) is 3.04. The van der Waals surface area contributed by atoms with E-state index in [0.717, 1.165) is 19.3 Å². The number of rotatable bonds is 3. The van der Waals surface area contributed by atoms with Gasteiger partial charge in [0, 0.05) is 11.9 Å². The van der Waals surface area contributed by atoms with Gasteiger partial charge in [0.15, 0.2) is 10.4 Å². The molecule has 0 aliphatic heterocycles. The molecule has 1 aliphatic rings. The van der Waals surface area contributed by atoms with Gasteiger partial charge in [0.2, 0.25) is 0 Å². The minimum Gasteiger partial charge on any atom is -0.444 e. The van der Waals surface area contributed by atoms with E-state index < -0.39 is 0 Å². The number of nitrogens with one attached hydrogen (secondary N) is 1. The smallest absolute Gasteiger partial charge is 0.287 e. The van der Waals surface area contributed by atoms with E-state index in [-0.39, 0.29) is 11.3 Å². The fraction of sp³-hybridized carbons (Fsp3) is 0.545. The third-order valence-electron chi connectivity index (χ3n) is 2.89. The standard InChI is InChI=1S/C11H13BrClNO2/c12-10-5-4-9(16-10)11(15)14-6-7-2-1-3-8(7)13/h4-5,7-8H,1-3,6H2,(H,14,15). The Kier molecular flexibility index (Phi) is 3.92. The van der Waals surface area contributed by atoms with E-state index in [4.69, 9.17) is 16.0 Å². The van der Waals surface area contributed by atoms with Gasteiger partial charge in [-0.25, -0.2) is 0 Å². The molecule has 0 bridgehead atoms. The van der Waals surface area contributed by atoms with Crippen LogP contribution in [0.1, 0.15) is 29.8 Å². The molecule has 1 fully saturated rings. The molecule has 0 spiro atoms. The van der Waals surface area contributed by atoms with Gasteiger partial charge in [0.1, 0.15) is 0 Å². The highest BCUT2D eigenvalue weighted by atomic mass is 79.9. The van der Waals surface area contributed by atoms with E-state index in [1.165, 1.54) is 0 Å². The van der Waals surface area contributed by atoms with E-state index >= 15 is 0 Å². The number of alkyl halides is 1. The molecule has 1 heterocycles. The first-order valence-electron chi connectivity index (χ1n) is 5.34. The Morgan fingerprint density at radius 1 is 1.56 bits per heavy atom. The summed E-state index contributed by atoms with van der Waals surface area (Å²) in [5.41, 5.74) is 0. The number of halogens is 2. The lowest BCUT2D eigenvalue weighted by molar-refractivity contribution is 0.0918. The first kappa shape index (κ1) is 12.0. The molecule has 3 nitrogen and oxygen atoms in total. The van der Waals surface area contributed by atoms with E-state index in [1.54, 1.807) is 12.1 Å². The summed E-state index contributed by atoms with van der Waals surface area (Å²) in [6, 6.07) is 3.35. The van der Waals surface area contributed by atoms with Crippen molar-refractivity contribution in [2.45, 2.75) is 24.6 Å². The van der Waals surface area contributed by atoms with Gasteiger partial charge in [-0.1, -0.05) is 6.42 Å². The number of hydrogen-bond acceptors (Lipinski definition) is 2. The summed E-state index contributed by atoms with van der Waals surface area (Å²) in [6.07, 6.45) is 3.30. The van der Waals surface area contributed by atoms with Crippen molar-refractivity contribution in [3.63, 3.8) is 0 Å². The molecule has 16 heavy (non-hydrogen) atoms. The summed E-state index contributed by atoms with van der Waals surface area (Å²) in [7, 11) is 0. The van der Waals surface area contributed by atoms with Crippen molar-refractivity contribution in [2.24, 2.45) is 5.92 Å². The quantitative estimate of drug-likeness (QED) is 0.872. The lowest BCUT2D eigenvalue weighted by Crippen LogP contribution is -2.30. The molecule has 0 saturated heterocycles. The highest BCUT2D eigenvalue weighted by Crippen LogP contribution is 2.29. The van der Waals surface area contributed by atoms with E-state index in [2.05, 4.69) is 21.2 Å². The highest BCUT2D eigenvalue weighted by molar-refractivity contribution is 9.10. The summed E-state index contributed by atoms with van der Waals surface area (Å²) < 4.78 is 5.72. The van der Waals surface area contributed by atoms with E-state index in [1.807, 2.05) is 0 Å². The van der Waals surface area contributed by atoms with Crippen LogP contribution in [0, 0.1) is 5.92 Å². The zero-order chi connectivity index (χ0) is 11.5. The van der Waals surface area contributed by atoms with Gasteiger partial charge >= 0.3 is 0 Å². The Hall–Kier alpha value is -0.480. The highest BCUT2D eigenvalue weighted by Gasteiger charge is 2.25.